The third kappa shape index (κ3) is 5.29. The number of sulfonamides is 1. The second-order valence-electron chi connectivity index (χ2n) is 6.62. The molecule has 1 heterocycles. The van der Waals surface area contributed by atoms with E-state index in [2.05, 4.69) is 4.90 Å². The second kappa shape index (κ2) is 8.09. The summed E-state index contributed by atoms with van der Waals surface area (Å²) in [4.78, 5) is 13.3. The smallest absolute Gasteiger partial charge is 0.335 e. The number of benzene rings is 1. The minimum absolute atomic E-state index is 0.182. The van der Waals surface area contributed by atoms with Gasteiger partial charge in [0.2, 0.25) is 10.0 Å². The number of carboxylic acids is 1. The standard InChI is InChI=1S/C17H26N2O4S/c1-18(2)24(22,23)10-4-8-19-9-7-15(13-19)11-14-5-3-6-16(12-14)17(20)21/h3,5-6,12,15H,4,7-11,13H2,1-2H3,(H,20,21)/t15-/m0/s1. The maximum Gasteiger partial charge on any atom is 0.335 e. The molecule has 24 heavy (non-hydrogen) atoms. The Morgan fingerprint density at radius 2 is 2.12 bits per heavy atom. The Bertz CT molecular complexity index is 673. The fourth-order valence-corrected chi connectivity index (χ4v) is 3.96. The molecule has 1 N–H and O–H groups in total. The number of rotatable bonds is 8. The molecular weight excluding hydrogens is 328 g/mol. The van der Waals surface area contributed by atoms with E-state index in [1.54, 1.807) is 32.3 Å². The third-order valence-corrected chi connectivity index (χ3v) is 6.42. The largest absolute Gasteiger partial charge is 0.478 e. The molecule has 134 valence electrons. The summed E-state index contributed by atoms with van der Waals surface area (Å²) in [6, 6.07) is 7.11. The summed E-state index contributed by atoms with van der Waals surface area (Å²) in [5.74, 6) is -0.214. The molecule has 1 aromatic carbocycles. The van der Waals surface area contributed by atoms with Gasteiger partial charge in [0.25, 0.3) is 0 Å². The lowest BCUT2D eigenvalue weighted by Crippen LogP contribution is -2.29. The van der Waals surface area contributed by atoms with Gasteiger partial charge in [-0.1, -0.05) is 12.1 Å². The Hall–Kier alpha value is -1.44. The quantitative estimate of drug-likeness (QED) is 0.766. The van der Waals surface area contributed by atoms with Crippen molar-refractivity contribution in [1.82, 2.24) is 9.21 Å². The van der Waals surface area contributed by atoms with Crippen LogP contribution in [0.3, 0.4) is 0 Å². The first-order chi connectivity index (χ1) is 11.3. The van der Waals surface area contributed by atoms with E-state index in [1.807, 2.05) is 6.07 Å². The predicted octanol–water partition coefficient (Wildman–Crippen LogP) is 1.53. The third-order valence-electron chi connectivity index (χ3n) is 4.50. The summed E-state index contributed by atoms with van der Waals surface area (Å²) in [5.41, 5.74) is 1.38. The van der Waals surface area contributed by atoms with E-state index in [-0.39, 0.29) is 5.75 Å². The van der Waals surface area contributed by atoms with Crippen molar-refractivity contribution >= 4 is 16.0 Å². The molecule has 1 aliphatic heterocycles. The first-order valence-electron chi connectivity index (χ1n) is 8.23. The Morgan fingerprint density at radius 1 is 1.38 bits per heavy atom. The molecule has 7 heteroatoms. The van der Waals surface area contributed by atoms with Crippen LogP contribution < -0.4 is 0 Å². The van der Waals surface area contributed by atoms with Crippen LogP contribution in [-0.2, 0) is 16.4 Å². The van der Waals surface area contributed by atoms with Gasteiger partial charge >= 0.3 is 5.97 Å². The van der Waals surface area contributed by atoms with Crippen LogP contribution in [0.4, 0.5) is 0 Å². The van der Waals surface area contributed by atoms with Crippen LogP contribution in [0, 0.1) is 5.92 Å². The molecule has 0 spiro atoms. The van der Waals surface area contributed by atoms with Gasteiger partial charge in [0, 0.05) is 20.6 Å². The molecular formula is C17H26N2O4S. The summed E-state index contributed by atoms with van der Waals surface area (Å²) >= 11 is 0. The second-order valence-corrected chi connectivity index (χ2v) is 8.92. The first kappa shape index (κ1) is 18.9. The van der Waals surface area contributed by atoms with E-state index < -0.39 is 16.0 Å². The minimum atomic E-state index is -3.11. The van der Waals surface area contributed by atoms with Crippen LogP contribution in [0.1, 0.15) is 28.8 Å². The van der Waals surface area contributed by atoms with Crippen LogP contribution in [0.5, 0.6) is 0 Å². The van der Waals surface area contributed by atoms with Crippen molar-refractivity contribution in [2.45, 2.75) is 19.3 Å². The minimum Gasteiger partial charge on any atom is -0.478 e. The lowest BCUT2D eigenvalue weighted by molar-refractivity contribution is 0.0696. The van der Waals surface area contributed by atoms with Crippen LogP contribution in [-0.4, -0.2) is 68.2 Å². The fraction of sp³-hybridized carbons (Fsp3) is 0.588. The lowest BCUT2D eigenvalue weighted by Gasteiger charge is -2.17. The van der Waals surface area contributed by atoms with Crippen molar-refractivity contribution < 1.29 is 18.3 Å². The molecule has 0 aliphatic carbocycles. The molecule has 0 amide bonds. The van der Waals surface area contributed by atoms with Gasteiger partial charge in [-0.2, -0.15) is 0 Å². The Morgan fingerprint density at radius 3 is 2.79 bits per heavy atom. The topological polar surface area (TPSA) is 77.9 Å². The van der Waals surface area contributed by atoms with Gasteiger partial charge in [-0.15, -0.1) is 0 Å². The van der Waals surface area contributed by atoms with Crippen molar-refractivity contribution in [3.8, 4) is 0 Å². The molecule has 2 rings (SSSR count). The van der Waals surface area contributed by atoms with Crippen LogP contribution >= 0.6 is 0 Å². The normalized spacial score (nSPS) is 19.0. The first-order valence-corrected chi connectivity index (χ1v) is 9.83. The molecule has 0 radical (unpaired) electrons. The molecule has 0 saturated carbocycles. The van der Waals surface area contributed by atoms with E-state index in [0.717, 1.165) is 38.0 Å². The highest BCUT2D eigenvalue weighted by molar-refractivity contribution is 7.89. The van der Waals surface area contributed by atoms with Gasteiger partial charge in [-0.05, 0) is 56.0 Å². The zero-order valence-electron chi connectivity index (χ0n) is 14.3. The molecule has 0 unspecified atom stereocenters. The molecule has 1 aromatic rings. The van der Waals surface area contributed by atoms with Gasteiger partial charge in [-0.3, -0.25) is 0 Å². The van der Waals surface area contributed by atoms with E-state index in [1.165, 1.54) is 4.31 Å². The molecule has 1 saturated heterocycles. The van der Waals surface area contributed by atoms with Crippen molar-refractivity contribution in [2.24, 2.45) is 5.92 Å². The number of carboxylic acid groups (broad SMARTS) is 1. The van der Waals surface area contributed by atoms with E-state index in [0.29, 0.717) is 17.9 Å². The summed E-state index contributed by atoms with van der Waals surface area (Å²) in [6.07, 6.45) is 2.58. The molecule has 1 aliphatic rings. The number of carbonyl (C=O) groups is 1. The van der Waals surface area contributed by atoms with Gasteiger partial charge in [0.15, 0.2) is 0 Å². The highest BCUT2D eigenvalue weighted by atomic mass is 32.2. The highest BCUT2D eigenvalue weighted by Crippen LogP contribution is 2.21. The SMILES string of the molecule is CN(C)S(=O)(=O)CCCN1CC[C@@H](Cc2cccc(C(=O)O)c2)C1. The van der Waals surface area contributed by atoms with Crippen molar-refractivity contribution in [2.75, 3.05) is 39.5 Å². The Balaban J connectivity index is 1.79. The van der Waals surface area contributed by atoms with E-state index in [9.17, 15) is 13.2 Å². The van der Waals surface area contributed by atoms with Crippen molar-refractivity contribution in [3.63, 3.8) is 0 Å². The van der Waals surface area contributed by atoms with Crippen molar-refractivity contribution in [1.29, 1.82) is 0 Å². The average molecular weight is 354 g/mol. The highest BCUT2D eigenvalue weighted by Gasteiger charge is 2.23. The monoisotopic (exact) mass is 354 g/mol. The van der Waals surface area contributed by atoms with Gasteiger partial charge in [-0.25, -0.2) is 17.5 Å². The van der Waals surface area contributed by atoms with Gasteiger partial charge in [0.1, 0.15) is 0 Å². The van der Waals surface area contributed by atoms with Crippen LogP contribution in [0.15, 0.2) is 24.3 Å². The number of hydrogen-bond donors (Lipinski definition) is 1. The van der Waals surface area contributed by atoms with Gasteiger partial charge < -0.3 is 10.0 Å². The zero-order valence-corrected chi connectivity index (χ0v) is 15.1. The fourth-order valence-electron chi connectivity index (χ4n) is 3.10. The molecule has 0 bridgehead atoms. The van der Waals surface area contributed by atoms with E-state index in [4.69, 9.17) is 5.11 Å². The van der Waals surface area contributed by atoms with Crippen molar-refractivity contribution in [3.05, 3.63) is 35.4 Å². The summed E-state index contributed by atoms with van der Waals surface area (Å²) in [6.45, 7) is 2.71. The van der Waals surface area contributed by atoms with Gasteiger partial charge in [0.05, 0.1) is 11.3 Å². The number of likely N-dealkylation sites (tertiary alicyclic amines) is 1. The van der Waals surface area contributed by atoms with E-state index >= 15 is 0 Å². The maximum absolute atomic E-state index is 11.8. The summed E-state index contributed by atoms with van der Waals surface area (Å²) in [5, 5.41) is 9.05. The average Bonchev–Trinajstić information content (AvgIpc) is 2.94. The number of aromatic carboxylic acids is 1. The summed E-state index contributed by atoms with van der Waals surface area (Å²) in [7, 11) is 0.0101. The Kier molecular flexibility index (Phi) is 6.37. The Labute approximate surface area is 144 Å². The molecule has 1 atom stereocenters. The predicted molar refractivity (Wildman–Crippen MR) is 93.7 cm³/mol. The molecule has 1 fully saturated rings. The zero-order chi connectivity index (χ0) is 17.7. The summed E-state index contributed by atoms with van der Waals surface area (Å²) < 4.78 is 24.8. The number of nitrogens with zero attached hydrogens (tertiary/aromatic N) is 2. The number of hydrogen-bond acceptors (Lipinski definition) is 4. The maximum atomic E-state index is 11.8. The molecule has 6 nitrogen and oxygen atoms in total. The van der Waals surface area contributed by atoms with Crippen LogP contribution in [0.25, 0.3) is 0 Å². The van der Waals surface area contributed by atoms with Crippen LogP contribution in [0.2, 0.25) is 0 Å². The molecule has 0 aromatic heterocycles. The lowest BCUT2D eigenvalue weighted by atomic mass is 9.97.